The van der Waals surface area contributed by atoms with Gasteiger partial charge in [0.15, 0.2) is 12.4 Å². The third kappa shape index (κ3) is 3.14. The molecule has 1 rings (SSSR count). The van der Waals surface area contributed by atoms with Gasteiger partial charge in [0.25, 0.3) is 0 Å². The Hall–Kier alpha value is -0.730. The maximum atomic E-state index is 11.0. The van der Waals surface area contributed by atoms with E-state index in [1.165, 1.54) is 0 Å². The Morgan fingerprint density at radius 3 is 2.41 bits per heavy atom. The third-order valence-electron chi connectivity index (χ3n) is 2.79. The van der Waals surface area contributed by atoms with Crippen LogP contribution in [0.1, 0.15) is 20.3 Å². The quantitative estimate of drug-likeness (QED) is 0.461. The van der Waals surface area contributed by atoms with Crippen molar-refractivity contribution >= 4 is 5.91 Å². The summed E-state index contributed by atoms with van der Waals surface area (Å²) in [6.07, 6.45) is -6.62. The van der Waals surface area contributed by atoms with E-state index in [1.54, 1.807) is 6.92 Å². The zero-order valence-corrected chi connectivity index (χ0v) is 9.81. The predicted molar refractivity (Wildman–Crippen MR) is 56.7 cm³/mol. The lowest BCUT2D eigenvalue weighted by Gasteiger charge is -2.39. The van der Waals surface area contributed by atoms with Crippen LogP contribution >= 0.6 is 0 Å². The van der Waals surface area contributed by atoms with Crippen LogP contribution in [0, 0.1) is 0 Å². The molecule has 100 valence electrons. The van der Waals surface area contributed by atoms with Gasteiger partial charge >= 0.3 is 0 Å². The number of rotatable bonds is 4. The lowest BCUT2D eigenvalue weighted by atomic mass is 9.98. The first-order valence-corrected chi connectivity index (χ1v) is 5.52. The fourth-order valence-electron chi connectivity index (χ4n) is 1.52. The summed E-state index contributed by atoms with van der Waals surface area (Å²) in [7, 11) is 0. The molecular formula is C10H19NO6. The van der Waals surface area contributed by atoms with Crippen LogP contribution in [0.2, 0.25) is 0 Å². The first kappa shape index (κ1) is 14.3. The smallest absolute Gasteiger partial charge is 0.249 e. The van der Waals surface area contributed by atoms with Gasteiger partial charge in [0.05, 0.1) is 6.10 Å². The topological polar surface area (TPSA) is 122 Å². The van der Waals surface area contributed by atoms with Crippen molar-refractivity contribution in [2.45, 2.75) is 57.1 Å². The van der Waals surface area contributed by atoms with E-state index in [1.807, 2.05) is 6.92 Å². The minimum Gasteiger partial charge on any atom is -0.387 e. The van der Waals surface area contributed by atoms with Crippen molar-refractivity contribution in [3.05, 3.63) is 0 Å². The van der Waals surface area contributed by atoms with Crippen LogP contribution in [-0.2, 0) is 14.3 Å². The summed E-state index contributed by atoms with van der Waals surface area (Å²) in [4.78, 5) is 11.0. The summed E-state index contributed by atoms with van der Waals surface area (Å²) in [5.74, 6) is -0.916. The zero-order valence-electron chi connectivity index (χ0n) is 9.81. The van der Waals surface area contributed by atoms with E-state index in [9.17, 15) is 20.1 Å². The number of aliphatic hydroxyl groups is 3. The van der Waals surface area contributed by atoms with E-state index >= 15 is 0 Å². The van der Waals surface area contributed by atoms with Gasteiger partial charge < -0.3 is 30.5 Å². The van der Waals surface area contributed by atoms with Crippen molar-refractivity contribution < 1.29 is 29.6 Å². The second kappa shape index (κ2) is 5.74. The Labute approximate surface area is 99.1 Å². The molecule has 1 fully saturated rings. The summed E-state index contributed by atoms with van der Waals surface area (Å²) in [6.45, 7) is 3.63. The Kier molecular flexibility index (Phi) is 4.84. The molecule has 0 aromatic carbocycles. The average Bonchev–Trinajstić information content (AvgIpc) is 2.29. The maximum absolute atomic E-state index is 11.0. The van der Waals surface area contributed by atoms with Crippen molar-refractivity contribution in [2.75, 3.05) is 0 Å². The van der Waals surface area contributed by atoms with Crippen LogP contribution in [0.3, 0.4) is 0 Å². The second-order valence-electron chi connectivity index (χ2n) is 4.15. The van der Waals surface area contributed by atoms with Gasteiger partial charge in [-0.25, -0.2) is 0 Å². The van der Waals surface area contributed by atoms with Gasteiger partial charge in [-0.2, -0.15) is 0 Å². The average molecular weight is 249 g/mol. The molecule has 3 unspecified atom stereocenters. The maximum Gasteiger partial charge on any atom is 0.249 e. The highest BCUT2D eigenvalue weighted by atomic mass is 16.7. The second-order valence-corrected chi connectivity index (χ2v) is 4.15. The Bertz CT molecular complexity index is 274. The largest absolute Gasteiger partial charge is 0.387 e. The zero-order chi connectivity index (χ0) is 13.2. The number of hydrogen-bond donors (Lipinski definition) is 4. The Morgan fingerprint density at radius 1 is 1.35 bits per heavy atom. The number of ether oxygens (including phenoxy) is 2. The van der Waals surface area contributed by atoms with Crippen LogP contribution in [-0.4, -0.2) is 58.0 Å². The van der Waals surface area contributed by atoms with Crippen molar-refractivity contribution in [1.29, 1.82) is 0 Å². The van der Waals surface area contributed by atoms with Crippen LogP contribution in [0.5, 0.6) is 0 Å². The van der Waals surface area contributed by atoms with Gasteiger partial charge in [0.1, 0.15) is 18.3 Å². The van der Waals surface area contributed by atoms with Crippen molar-refractivity contribution in [2.24, 2.45) is 5.73 Å². The molecule has 0 bridgehead atoms. The minimum atomic E-state index is -1.56. The molecule has 0 spiro atoms. The van der Waals surface area contributed by atoms with Gasteiger partial charge in [0, 0.05) is 0 Å². The van der Waals surface area contributed by atoms with Gasteiger partial charge in [-0.05, 0) is 13.3 Å². The normalized spacial score (nSPS) is 39.9. The Morgan fingerprint density at radius 2 is 1.94 bits per heavy atom. The van der Waals surface area contributed by atoms with Crippen molar-refractivity contribution in [1.82, 2.24) is 0 Å². The summed E-state index contributed by atoms with van der Waals surface area (Å²) < 4.78 is 10.4. The summed E-state index contributed by atoms with van der Waals surface area (Å²) in [5, 5.41) is 28.7. The SMILES string of the molecule is CCC(C)O[C@H]1OC(C(N)=O)[C@H](O)C(O)[C@@H]1O. The highest BCUT2D eigenvalue weighted by Gasteiger charge is 2.46. The van der Waals surface area contributed by atoms with Crippen LogP contribution in [0.4, 0.5) is 0 Å². The number of hydrogen-bond acceptors (Lipinski definition) is 6. The first-order chi connectivity index (χ1) is 7.88. The molecule has 0 aromatic rings. The van der Waals surface area contributed by atoms with Gasteiger partial charge in [-0.1, -0.05) is 6.92 Å². The molecule has 1 heterocycles. The summed E-state index contributed by atoms with van der Waals surface area (Å²) in [5.41, 5.74) is 5.02. The van der Waals surface area contributed by atoms with E-state index in [-0.39, 0.29) is 6.10 Å². The lowest BCUT2D eigenvalue weighted by Crippen LogP contribution is -2.61. The molecule has 6 atom stereocenters. The molecule has 7 heteroatoms. The third-order valence-corrected chi connectivity index (χ3v) is 2.79. The van der Waals surface area contributed by atoms with Crippen LogP contribution < -0.4 is 5.73 Å². The fraction of sp³-hybridized carbons (Fsp3) is 0.900. The van der Waals surface area contributed by atoms with Gasteiger partial charge in [-0.3, -0.25) is 4.79 Å². The molecule has 0 aliphatic carbocycles. The molecule has 7 nitrogen and oxygen atoms in total. The number of aliphatic hydroxyl groups excluding tert-OH is 3. The summed E-state index contributed by atoms with van der Waals surface area (Å²) >= 11 is 0. The summed E-state index contributed by atoms with van der Waals surface area (Å²) in [6, 6.07) is 0. The molecule has 0 saturated carbocycles. The molecule has 17 heavy (non-hydrogen) atoms. The number of primary amides is 1. The Balaban J connectivity index is 2.74. The fourth-order valence-corrected chi connectivity index (χ4v) is 1.52. The molecule has 0 aromatic heterocycles. The molecule has 5 N–H and O–H groups in total. The van der Waals surface area contributed by atoms with E-state index < -0.39 is 36.6 Å². The predicted octanol–water partition coefficient (Wildman–Crippen LogP) is -1.91. The van der Waals surface area contributed by atoms with E-state index in [2.05, 4.69) is 0 Å². The highest BCUT2D eigenvalue weighted by molar-refractivity contribution is 5.79. The standard InChI is InChI=1S/C10H19NO6/c1-3-4(2)16-10-7(14)5(12)6(13)8(17-10)9(11)15/h4-8,10,12-14H,3H2,1-2H3,(H2,11,15)/t4?,5?,6-,7+,8?,10+/m1/s1. The van der Waals surface area contributed by atoms with Crippen LogP contribution in [0.25, 0.3) is 0 Å². The van der Waals surface area contributed by atoms with Gasteiger partial charge in [0.2, 0.25) is 5.91 Å². The van der Waals surface area contributed by atoms with E-state index in [0.29, 0.717) is 6.42 Å². The molecule has 1 aliphatic heterocycles. The number of nitrogens with two attached hydrogens (primary N) is 1. The molecule has 1 saturated heterocycles. The lowest BCUT2D eigenvalue weighted by molar-refractivity contribution is -0.299. The van der Waals surface area contributed by atoms with E-state index in [4.69, 9.17) is 15.2 Å². The monoisotopic (exact) mass is 249 g/mol. The van der Waals surface area contributed by atoms with Crippen molar-refractivity contribution in [3.8, 4) is 0 Å². The molecule has 1 aliphatic rings. The molecule has 1 amide bonds. The van der Waals surface area contributed by atoms with Crippen LogP contribution in [0.15, 0.2) is 0 Å². The minimum absolute atomic E-state index is 0.217. The van der Waals surface area contributed by atoms with Crippen molar-refractivity contribution in [3.63, 3.8) is 0 Å². The highest BCUT2D eigenvalue weighted by Crippen LogP contribution is 2.23. The van der Waals surface area contributed by atoms with Gasteiger partial charge in [-0.15, -0.1) is 0 Å². The number of carbonyl (C=O) groups is 1. The number of carbonyl (C=O) groups excluding carboxylic acids is 1. The molecule has 0 radical (unpaired) electrons. The first-order valence-electron chi connectivity index (χ1n) is 5.52. The number of amides is 1. The molecular weight excluding hydrogens is 230 g/mol. The van der Waals surface area contributed by atoms with E-state index in [0.717, 1.165) is 0 Å².